The van der Waals surface area contributed by atoms with Crippen molar-refractivity contribution in [2.45, 2.75) is 39.7 Å². The second kappa shape index (κ2) is 5.83. The summed E-state index contributed by atoms with van der Waals surface area (Å²) in [4.78, 5) is 4.39. The van der Waals surface area contributed by atoms with Crippen LogP contribution >= 0.6 is 0 Å². The van der Waals surface area contributed by atoms with Crippen molar-refractivity contribution in [2.75, 3.05) is 0 Å². The molecule has 0 spiro atoms. The number of hydrogen-bond donors (Lipinski definition) is 2. The Morgan fingerprint density at radius 2 is 2.27 bits per heavy atom. The lowest BCUT2D eigenvalue weighted by Gasteiger charge is -2.20. The third-order valence-corrected chi connectivity index (χ3v) is 2.92. The number of aromatic nitrogens is 1. The lowest BCUT2D eigenvalue weighted by Crippen LogP contribution is -2.30. The molecular formula is C12H21N3. The third kappa shape index (κ3) is 3.29. The minimum absolute atomic E-state index is 0.168. The molecule has 3 nitrogen and oxygen atoms in total. The number of nitrogens with zero attached hydrogens (tertiary/aromatic N) is 1. The minimum Gasteiger partial charge on any atom is -0.271 e. The van der Waals surface area contributed by atoms with E-state index < -0.39 is 0 Å². The molecule has 0 aliphatic rings. The van der Waals surface area contributed by atoms with Crippen LogP contribution in [0.4, 0.5) is 0 Å². The van der Waals surface area contributed by atoms with Gasteiger partial charge in [-0.15, -0.1) is 0 Å². The summed E-state index contributed by atoms with van der Waals surface area (Å²) in [6.07, 6.45) is 4.03. The van der Waals surface area contributed by atoms with Crippen LogP contribution < -0.4 is 11.3 Å². The molecule has 0 fully saturated rings. The van der Waals surface area contributed by atoms with Gasteiger partial charge in [-0.25, -0.2) is 0 Å². The highest BCUT2D eigenvalue weighted by molar-refractivity contribution is 5.20. The van der Waals surface area contributed by atoms with Crippen LogP contribution in [0.2, 0.25) is 0 Å². The van der Waals surface area contributed by atoms with E-state index >= 15 is 0 Å². The topological polar surface area (TPSA) is 50.9 Å². The van der Waals surface area contributed by atoms with Crippen molar-refractivity contribution < 1.29 is 0 Å². The van der Waals surface area contributed by atoms with Crippen molar-refractivity contribution in [3.05, 3.63) is 29.6 Å². The van der Waals surface area contributed by atoms with Gasteiger partial charge in [0.1, 0.15) is 0 Å². The van der Waals surface area contributed by atoms with Crippen LogP contribution in [0.5, 0.6) is 0 Å². The van der Waals surface area contributed by atoms with Gasteiger partial charge < -0.3 is 0 Å². The summed E-state index contributed by atoms with van der Waals surface area (Å²) in [7, 11) is 0. The van der Waals surface area contributed by atoms with Gasteiger partial charge in [0.15, 0.2) is 0 Å². The fraction of sp³-hybridized carbons (Fsp3) is 0.583. The number of rotatable bonds is 5. The van der Waals surface area contributed by atoms with Crippen molar-refractivity contribution >= 4 is 0 Å². The molecule has 2 unspecified atom stereocenters. The first-order valence-electron chi connectivity index (χ1n) is 5.56. The number of nitrogens with two attached hydrogens (primary N) is 1. The Kier molecular flexibility index (Phi) is 4.72. The van der Waals surface area contributed by atoms with Crippen molar-refractivity contribution in [2.24, 2.45) is 11.8 Å². The average molecular weight is 207 g/mol. The zero-order valence-corrected chi connectivity index (χ0v) is 9.83. The average Bonchev–Trinajstić information content (AvgIpc) is 2.26. The molecule has 2 atom stereocenters. The summed E-state index contributed by atoms with van der Waals surface area (Å²) in [5, 5.41) is 0. The summed E-state index contributed by atoms with van der Waals surface area (Å²) in [6, 6.07) is 4.19. The second-order valence-electron chi connectivity index (χ2n) is 4.17. The normalized spacial score (nSPS) is 14.9. The zero-order valence-electron chi connectivity index (χ0n) is 9.83. The van der Waals surface area contributed by atoms with E-state index in [1.807, 2.05) is 12.3 Å². The molecular weight excluding hydrogens is 186 g/mol. The lowest BCUT2D eigenvalue weighted by molar-refractivity contribution is 0.400. The van der Waals surface area contributed by atoms with Gasteiger partial charge in [0.2, 0.25) is 0 Å². The molecule has 1 rings (SSSR count). The van der Waals surface area contributed by atoms with Crippen molar-refractivity contribution in [3.63, 3.8) is 0 Å². The van der Waals surface area contributed by atoms with Gasteiger partial charge in [-0.2, -0.15) is 0 Å². The zero-order chi connectivity index (χ0) is 11.3. The fourth-order valence-corrected chi connectivity index (χ4v) is 1.69. The molecule has 3 N–H and O–H groups in total. The molecule has 0 radical (unpaired) electrons. The molecule has 0 saturated heterocycles. The Bertz CT molecular complexity index is 299. The molecule has 0 amide bonds. The van der Waals surface area contributed by atoms with E-state index in [4.69, 9.17) is 5.84 Å². The molecule has 0 bridgehead atoms. The predicted octanol–water partition coefficient (Wildman–Crippen LogP) is 2.33. The first-order valence-corrected chi connectivity index (χ1v) is 5.56. The van der Waals surface area contributed by atoms with E-state index in [0.29, 0.717) is 5.92 Å². The van der Waals surface area contributed by atoms with Gasteiger partial charge in [0.05, 0.1) is 11.7 Å². The van der Waals surface area contributed by atoms with E-state index in [1.54, 1.807) is 0 Å². The first kappa shape index (κ1) is 12.1. The molecule has 84 valence electrons. The minimum atomic E-state index is 0.168. The molecule has 0 aromatic carbocycles. The molecule has 15 heavy (non-hydrogen) atoms. The standard InChI is InChI=1S/C12H21N3/c1-4-9(2)8-11(15-13)12-10(3)6-5-7-14-12/h5-7,9,11,15H,4,8,13H2,1-3H3. The Hall–Kier alpha value is -0.930. The van der Waals surface area contributed by atoms with Crippen LogP contribution in [-0.2, 0) is 0 Å². The number of hydrogen-bond acceptors (Lipinski definition) is 3. The highest BCUT2D eigenvalue weighted by atomic mass is 15.2. The van der Waals surface area contributed by atoms with Gasteiger partial charge in [-0.05, 0) is 30.9 Å². The van der Waals surface area contributed by atoms with E-state index in [1.165, 1.54) is 12.0 Å². The number of nitrogens with one attached hydrogen (secondary N) is 1. The summed E-state index contributed by atoms with van der Waals surface area (Å²) in [5.41, 5.74) is 5.13. The Balaban J connectivity index is 2.78. The maximum absolute atomic E-state index is 5.59. The molecule has 3 heteroatoms. The van der Waals surface area contributed by atoms with E-state index in [9.17, 15) is 0 Å². The van der Waals surface area contributed by atoms with E-state index in [2.05, 4.69) is 37.2 Å². The van der Waals surface area contributed by atoms with Gasteiger partial charge in [0.25, 0.3) is 0 Å². The van der Waals surface area contributed by atoms with Crippen LogP contribution in [0.15, 0.2) is 18.3 Å². The van der Waals surface area contributed by atoms with Crippen LogP contribution in [0.3, 0.4) is 0 Å². The fourth-order valence-electron chi connectivity index (χ4n) is 1.69. The van der Waals surface area contributed by atoms with Gasteiger partial charge in [0, 0.05) is 6.20 Å². The van der Waals surface area contributed by atoms with Gasteiger partial charge >= 0.3 is 0 Å². The molecule has 1 aromatic heterocycles. The van der Waals surface area contributed by atoms with Gasteiger partial charge in [-0.1, -0.05) is 26.3 Å². The number of aryl methyl sites for hydroxylation is 1. The quantitative estimate of drug-likeness (QED) is 0.575. The first-order chi connectivity index (χ1) is 7.19. The summed E-state index contributed by atoms with van der Waals surface area (Å²) < 4.78 is 0. The number of pyridine rings is 1. The summed E-state index contributed by atoms with van der Waals surface area (Å²) in [6.45, 7) is 6.51. The van der Waals surface area contributed by atoms with E-state index in [0.717, 1.165) is 12.1 Å². The van der Waals surface area contributed by atoms with Crippen molar-refractivity contribution in [1.29, 1.82) is 0 Å². The SMILES string of the molecule is CCC(C)CC(NN)c1ncccc1C. The Labute approximate surface area is 92.1 Å². The predicted molar refractivity (Wildman–Crippen MR) is 63.1 cm³/mol. The summed E-state index contributed by atoms with van der Waals surface area (Å²) >= 11 is 0. The largest absolute Gasteiger partial charge is 0.271 e. The maximum atomic E-state index is 5.59. The van der Waals surface area contributed by atoms with Crippen LogP contribution in [0.25, 0.3) is 0 Å². The van der Waals surface area contributed by atoms with Crippen LogP contribution in [0, 0.1) is 12.8 Å². The van der Waals surface area contributed by atoms with Gasteiger partial charge in [-0.3, -0.25) is 16.3 Å². The number of hydrazine groups is 1. The maximum Gasteiger partial charge on any atom is 0.0637 e. The van der Waals surface area contributed by atoms with Crippen molar-refractivity contribution in [1.82, 2.24) is 10.4 Å². The smallest absolute Gasteiger partial charge is 0.0637 e. The monoisotopic (exact) mass is 207 g/mol. The van der Waals surface area contributed by atoms with Crippen LogP contribution in [-0.4, -0.2) is 4.98 Å². The Morgan fingerprint density at radius 3 is 2.80 bits per heavy atom. The summed E-state index contributed by atoms with van der Waals surface area (Å²) in [5.74, 6) is 6.25. The van der Waals surface area contributed by atoms with E-state index in [-0.39, 0.29) is 6.04 Å². The molecule has 1 aromatic rings. The lowest BCUT2D eigenvalue weighted by atomic mass is 9.96. The highest BCUT2D eigenvalue weighted by Crippen LogP contribution is 2.22. The molecule has 0 saturated carbocycles. The molecule has 0 aliphatic carbocycles. The Morgan fingerprint density at radius 1 is 1.53 bits per heavy atom. The second-order valence-corrected chi connectivity index (χ2v) is 4.17. The van der Waals surface area contributed by atoms with Crippen molar-refractivity contribution in [3.8, 4) is 0 Å². The molecule has 0 aliphatic heterocycles. The third-order valence-electron chi connectivity index (χ3n) is 2.92. The molecule has 1 heterocycles. The highest BCUT2D eigenvalue weighted by Gasteiger charge is 2.15. The van der Waals surface area contributed by atoms with Crippen LogP contribution in [0.1, 0.15) is 44.0 Å².